The Morgan fingerprint density at radius 1 is 0.500 bits per heavy atom. The van der Waals surface area contributed by atoms with Gasteiger partial charge in [-0.25, -0.2) is 0 Å². The van der Waals surface area contributed by atoms with Gasteiger partial charge >= 0.3 is 0 Å². The van der Waals surface area contributed by atoms with E-state index in [9.17, 15) is 0 Å². The Hall–Kier alpha value is 1.31. The van der Waals surface area contributed by atoms with Crippen molar-refractivity contribution in [3.8, 4) is 0 Å². The number of hydrogen-bond acceptors (Lipinski definition) is 2. The van der Waals surface area contributed by atoms with Gasteiger partial charge in [-0.05, 0) is 24.3 Å². The van der Waals surface area contributed by atoms with Crippen molar-refractivity contribution >= 4 is 114 Å². The Bertz CT molecular complexity index is 339. The second-order valence-electron chi connectivity index (χ2n) is 2.98. The van der Waals surface area contributed by atoms with Gasteiger partial charge in [0.1, 0.15) is 0 Å². The van der Waals surface area contributed by atoms with Gasteiger partial charge in [-0.2, -0.15) is 0 Å². The van der Waals surface area contributed by atoms with Crippen molar-refractivity contribution in [1.29, 1.82) is 0 Å². The molecule has 4 heteroatoms. The summed E-state index contributed by atoms with van der Waals surface area (Å²) in [6, 6.07) is 20.0. The average Bonchev–Trinajstić information content (AvgIpc) is 2.29. The number of benzene rings is 2. The third-order valence-electron chi connectivity index (χ3n) is 1.90. The van der Waals surface area contributed by atoms with Crippen LogP contribution in [0.4, 0.5) is 11.4 Å². The standard InChI is InChI=1S/C12H12N2.2K/c1-3-7-11(8-4-1)13-14-12-9-5-2-6-10-12;;/h1-10,13-14H;;. The SMILES string of the molecule is [K].[K].c1ccc(NNc2ccccc2)cc1. The molecule has 0 spiro atoms. The Labute approximate surface area is 181 Å². The molecule has 2 aromatic rings. The molecule has 0 aliphatic heterocycles. The van der Waals surface area contributed by atoms with E-state index in [4.69, 9.17) is 0 Å². The maximum absolute atomic E-state index is 3.11. The molecular weight excluding hydrogens is 250 g/mol. The Kier molecular flexibility index (Phi) is 11.1. The van der Waals surface area contributed by atoms with Crippen molar-refractivity contribution in [1.82, 2.24) is 0 Å². The summed E-state index contributed by atoms with van der Waals surface area (Å²) in [7, 11) is 0. The van der Waals surface area contributed by atoms with Crippen molar-refractivity contribution in [3.05, 3.63) is 60.7 Å². The Balaban J connectivity index is 0.00000112. The van der Waals surface area contributed by atoms with Crippen molar-refractivity contribution in [2.24, 2.45) is 0 Å². The molecule has 0 aliphatic rings. The van der Waals surface area contributed by atoms with E-state index in [1.54, 1.807) is 0 Å². The number of para-hydroxylation sites is 2. The fourth-order valence-electron chi connectivity index (χ4n) is 1.19. The molecule has 0 atom stereocenters. The first-order valence-electron chi connectivity index (χ1n) is 4.57. The topological polar surface area (TPSA) is 24.1 Å². The molecule has 0 amide bonds. The molecule has 2 nitrogen and oxygen atoms in total. The molecule has 0 saturated carbocycles. The Morgan fingerprint density at radius 3 is 1.12 bits per heavy atom. The first kappa shape index (κ1) is 17.3. The van der Waals surface area contributed by atoms with Gasteiger partial charge in [-0.3, -0.25) is 0 Å². The van der Waals surface area contributed by atoms with Crippen molar-refractivity contribution in [3.63, 3.8) is 0 Å². The van der Waals surface area contributed by atoms with Crippen LogP contribution in [0, 0.1) is 0 Å². The van der Waals surface area contributed by atoms with E-state index in [2.05, 4.69) is 10.9 Å². The summed E-state index contributed by atoms with van der Waals surface area (Å²) < 4.78 is 0. The van der Waals surface area contributed by atoms with Crippen molar-refractivity contribution in [2.45, 2.75) is 0 Å². The predicted octanol–water partition coefficient (Wildman–Crippen LogP) is 2.36. The number of hydrogen-bond donors (Lipinski definition) is 2. The number of hydrazine groups is 1. The zero-order valence-corrected chi connectivity index (χ0v) is 16.0. The first-order valence-corrected chi connectivity index (χ1v) is 4.57. The van der Waals surface area contributed by atoms with Crippen LogP contribution in [0.2, 0.25) is 0 Å². The summed E-state index contributed by atoms with van der Waals surface area (Å²) in [5.74, 6) is 0. The van der Waals surface area contributed by atoms with Crippen LogP contribution in [0.25, 0.3) is 0 Å². The summed E-state index contributed by atoms with van der Waals surface area (Å²) >= 11 is 0. The minimum atomic E-state index is 0. The van der Waals surface area contributed by atoms with Gasteiger partial charge in [0.15, 0.2) is 0 Å². The van der Waals surface area contributed by atoms with E-state index >= 15 is 0 Å². The molecule has 2 N–H and O–H groups in total. The molecule has 2 aromatic carbocycles. The molecule has 0 aromatic heterocycles. The molecule has 0 fully saturated rings. The normalized spacial score (nSPS) is 8.25. The molecular formula is C12H12K2N2. The van der Waals surface area contributed by atoms with Crippen LogP contribution in [0.15, 0.2) is 60.7 Å². The van der Waals surface area contributed by atoms with Crippen LogP contribution in [0.1, 0.15) is 0 Å². The second kappa shape index (κ2) is 10.3. The molecule has 0 heterocycles. The van der Waals surface area contributed by atoms with Gasteiger partial charge in [0.2, 0.25) is 0 Å². The van der Waals surface area contributed by atoms with Crippen molar-refractivity contribution in [2.75, 3.05) is 10.9 Å². The van der Waals surface area contributed by atoms with E-state index in [1.807, 2.05) is 60.7 Å². The smallest absolute Gasteiger partial charge is 0.0539 e. The van der Waals surface area contributed by atoms with Gasteiger partial charge < -0.3 is 10.9 Å². The van der Waals surface area contributed by atoms with Crippen LogP contribution in [0.5, 0.6) is 0 Å². The van der Waals surface area contributed by atoms with Gasteiger partial charge in [0, 0.05) is 103 Å². The van der Waals surface area contributed by atoms with E-state index < -0.39 is 0 Å². The van der Waals surface area contributed by atoms with Gasteiger partial charge in [-0.15, -0.1) is 0 Å². The molecule has 2 rings (SSSR count). The van der Waals surface area contributed by atoms with Crippen LogP contribution < -0.4 is 10.9 Å². The zero-order valence-electron chi connectivity index (χ0n) is 9.77. The van der Waals surface area contributed by atoms with E-state index in [0.717, 1.165) is 11.4 Å². The third-order valence-corrected chi connectivity index (χ3v) is 1.90. The summed E-state index contributed by atoms with van der Waals surface area (Å²) in [6.07, 6.45) is 0. The minimum Gasteiger partial charge on any atom is -0.301 e. The summed E-state index contributed by atoms with van der Waals surface area (Å²) in [5, 5.41) is 0. The quantitative estimate of drug-likeness (QED) is 0.655. The van der Waals surface area contributed by atoms with E-state index in [1.165, 1.54) is 0 Å². The zero-order chi connectivity index (χ0) is 9.64. The predicted molar refractivity (Wildman–Crippen MR) is 71.6 cm³/mol. The second-order valence-corrected chi connectivity index (χ2v) is 2.98. The van der Waals surface area contributed by atoms with Crippen LogP contribution in [-0.4, -0.2) is 103 Å². The molecule has 16 heavy (non-hydrogen) atoms. The minimum absolute atomic E-state index is 0. The van der Waals surface area contributed by atoms with Crippen LogP contribution in [0.3, 0.4) is 0 Å². The first-order chi connectivity index (χ1) is 6.95. The average molecular weight is 262 g/mol. The number of anilines is 2. The largest absolute Gasteiger partial charge is 0.301 e. The fourth-order valence-corrected chi connectivity index (χ4v) is 1.19. The van der Waals surface area contributed by atoms with E-state index in [0.29, 0.717) is 0 Å². The maximum Gasteiger partial charge on any atom is 0.0539 e. The molecule has 0 unspecified atom stereocenters. The summed E-state index contributed by atoms with van der Waals surface area (Å²) in [5.41, 5.74) is 8.33. The van der Waals surface area contributed by atoms with Gasteiger partial charge in [-0.1, -0.05) is 36.4 Å². The third kappa shape index (κ3) is 6.30. The molecule has 0 saturated heterocycles. The number of rotatable bonds is 3. The summed E-state index contributed by atoms with van der Waals surface area (Å²) in [4.78, 5) is 0. The van der Waals surface area contributed by atoms with Crippen molar-refractivity contribution < 1.29 is 0 Å². The maximum atomic E-state index is 3.11. The monoisotopic (exact) mass is 262 g/mol. The molecule has 2 radical (unpaired) electrons. The van der Waals surface area contributed by atoms with E-state index in [-0.39, 0.29) is 103 Å². The van der Waals surface area contributed by atoms with Gasteiger partial charge in [0.05, 0.1) is 11.4 Å². The van der Waals surface area contributed by atoms with Crippen LogP contribution >= 0.6 is 0 Å². The molecule has 0 aliphatic carbocycles. The fraction of sp³-hybridized carbons (Fsp3) is 0. The Morgan fingerprint density at radius 2 is 0.812 bits per heavy atom. The number of nitrogens with one attached hydrogen (secondary N) is 2. The summed E-state index contributed by atoms with van der Waals surface area (Å²) in [6.45, 7) is 0. The molecule has 0 bridgehead atoms. The van der Waals surface area contributed by atoms with Gasteiger partial charge in [0.25, 0.3) is 0 Å². The molecule has 72 valence electrons. The van der Waals surface area contributed by atoms with Crippen LogP contribution in [-0.2, 0) is 0 Å².